The van der Waals surface area contributed by atoms with E-state index in [0.717, 1.165) is 5.56 Å². The fraction of sp³-hybridized carbons (Fsp3) is 0.167. The van der Waals surface area contributed by atoms with E-state index in [1.165, 1.54) is 11.6 Å². The first kappa shape index (κ1) is 10.1. The molecule has 1 aromatic heterocycles. The predicted molar refractivity (Wildman–Crippen MR) is 61.6 cm³/mol. The van der Waals surface area contributed by atoms with E-state index in [2.05, 4.69) is 5.38 Å². The summed E-state index contributed by atoms with van der Waals surface area (Å²) in [5.74, 6) is 0.388. The standard InChI is InChI=1S/C12H12O2S/c1-8(9-4-5-15-7-9)11-3-2-10(13)6-12(11)14/h2-8,13-14H,1H3. The van der Waals surface area contributed by atoms with E-state index in [9.17, 15) is 10.2 Å². The third kappa shape index (κ3) is 1.97. The molecule has 78 valence electrons. The Bertz CT molecular complexity index is 449. The molecule has 0 radical (unpaired) electrons. The quantitative estimate of drug-likeness (QED) is 0.815. The van der Waals surface area contributed by atoms with Gasteiger partial charge in [-0.25, -0.2) is 0 Å². The van der Waals surface area contributed by atoms with Crippen LogP contribution in [0.5, 0.6) is 11.5 Å². The van der Waals surface area contributed by atoms with Crippen molar-refractivity contribution in [1.29, 1.82) is 0 Å². The van der Waals surface area contributed by atoms with Crippen molar-refractivity contribution in [2.75, 3.05) is 0 Å². The third-order valence-corrected chi connectivity index (χ3v) is 3.23. The van der Waals surface area contributed by atoms with Crippen LogP contribution < -0.4 is 0 Å². The molecule has 1 unspecified atom stereocenters. The number of hydrogen-bond donors (Lipinski definition) is 2. The Morgan fingerprint density at radius 3 is 2.60 bits per heavy atom. The highest BCUT2D eigenvalue weighted by atomic mass is 32.1. The first-order valence-electron chi connectivity index (χ1n) is 4.72. The van der Waals surface area contributed by atoms with Gasteiger partial charge < -0.3 is 10.2 Å². The molecule has 0 spiro atoms. The van der Waals surface area contributed by atoms with Crippen LogP contribution in [0, 0.1) is 0 Å². The Labute approximate surface area is 92.4 Å². The van der Waals surface area contributed by atoms with Gasteiger partial charge in [0.05, 0.1) is 0 Å². The average Bonchev–Trinajstić information content (AvgIpc) is 2.69. The van der Waals surface area contributed by atoms with E-state index < -0.39 is 0 Å². The molecule has 0 aliphatic rings. The van der Waals surface area contributed by atoms with Crippen molar-refractivity contribution in [1.82, 2.24) is 0 Å². The van der Waals surface area contributed by atoms with Gasteiger partial charge in [0.1, 0.15) is 11.5 Å². The van der Waals surface area contributed by atoms with Gasteiger partial charge >= 0.3 is 0 Å². The molecular formula is C12H12O2S. The Morgan fingerprint density at radius 1 is 1.20 bits per heavy atom. The number of hydrogen-bond acceptors (Lipinski definition) is 3. The number of phenols is 2. The lowest BCUT2D eigenvalue weighted by Gasteiger charge is -2.12. The summed E-state index contributed by atoms with van der Waals surface area (Å²) in [4.78, 5) is 0. The van der Waals surface area contributed by atoms with Gasteiger partial charge in [0.15, 0.2) is 0 Å². The van der Waals surface area contributed by atoms with Gasteiger partial charge in [-0.15, -0.1) is 0 Å². The molecule has 1 heterocycles. The van der Waals surface area contributed by atoms with Crippen LogP contribution in [0.2, 0.25) is 0 Å². The Hall–Kier alpha value is -1.48. The largest absolute Gasteiger partial charge is 0.508 e. The molecule has 2 aromatic rings. The summed E-state index contributed by atoms with van der Waals surface area (Å²) in [5, 5.41) is 23.0. The lowest BCUT2D eigenvalue weighted by Crippen LogP contribution is -1.94. The summed E-state index contributed by atoms with van der Waals surface area (Å²) in [6.45, 7) is 2.04. The summed E-state index contributed by atoms with van der Waals surface area (Å²) in [7, 11) is 0. The first-order valence-corrected chi connectivity index (χ1v) is 5.66. The molecule has 0 aliphatic heterocycles. The first-order chi connectivity index (χ1) is 7.18. The van der Waals surface area contributed by atoms with Crippen LogP contribution >= 0.6 is 11.3 Å². The van der Waals surface area contributed by atoms with E-state index in [-0.39, 0.29) is 17.4 Å². The zero-order chi connectivity index (χ0) is 10.8. The second kappa shape index (κ2) is 3.95. The van der Waals surface area contributed by atoms with Crippen molar-refractivity contribution >= 4 is 11.3 Å². The van der Waals surface area contributed by atoms with Crippen molar-refractivity contribution in [2.24, 2.45) is 0 Å². The van der Waals surface area contributed by atoms with Gasteiger partial charge in [0, 0.05) is 17.5 Å². The summed E-state index contributed by atoms with van der Waals surface area (Å²) in [6, 6.07) is 6.77. The van der Waals surface area contributed by atoms with Crippen LogP contribution in [0.4, 0.5) is 0 Å². The zero-order valence-corrected chi connectivity index (χ0v) is 9.16. The van der Waals surface area contributed by atoms with Crippen molar-refractivity contribution < 1.29 is 10.2 Å². The summed E-state index contributed by atoms with van der Waals surface area (Å²) in [6.07, 6.45) is 0. The minimum atomic E-state index is 0.0915. The van der Waals surface area contributed by atoms with E-state index in [1.54, 1.807) is 23.5 Å². The minimum absolute atomic E-state index is 0.0915. The molecule has 3 heteroatoms. The highest BCUT2D eigenvalue weighted by molar-refractivity contribution is 7.08. The molecule has 0 aliphatic carbocycles. The smallest absolute Gasteiger partial charge is 0.123 e. The van der Waals surface area contributed by atoms with Gasteiger partial charge in [-0.2, -0.15) is 11.3 Å². The number of phenolic OH excluding ortho intramolecular Hbond substituents is 2. The zero-order valence-electron chi connectivity index (χ0n) is 8.34. The van der Waals surface area contributed by atoms with Crippen LogP contribution in [0.3, 0.4) is 0 Å². The number of thiophene rings is 1. The Morgan fingerprint density at radius 2 is 2.00 bits per heavy atom. The number of aromatic hydroxyl groups is 2. The van der Waals surface area contributed by atoms with Crippen LogP contribution in [-0.2, 0) is 0 Å². The summed E-state index contributed by atoms with van der Waals surface area (Å²) < 4.78 is 0. The average molecular weight is 220 g/mol. The molecule has 2 N–H and O–H groups in total. The molecule has 2 nitrogen and oxygen atoms in total. The topological polar surface area (TPSA) is 40.5 Å². The number of benzene rings is 1. The Balaban J connectivity index is 2.38. The van der Waals surface area contributed by atoms with Gasteiger partial charge in [-0.3, -0.25) is 0 Å². The highest BCUT2D eigenvalue weighted by Gasteiger charge is 2.13. The lowest BCUT2D eigenvalue weighted by atomic mass is 9.94. The monoisotopic (exact) mass is 220 g/mol. The van der Waals surface area contributed by atoms with Crippen molar-refractivity contribution in [2.45, 2.75) is 12.8 Å². The van der Waals surface area contributed by atoms with Gasteiger partial charge in [0.2, 0.25) is 0 Å². The van der Waals surface area contributed by atoms with Gasteiger partial charge in [-0.1, -0.05) is 13.0 Å². The summed E-state index contributed by atoms with van der Waals surface area (Å²) in [5.41, 5.74) is 2.02. The van der Waals surface area contributed by atoms with E-state index in [4.69, 9.17) is 0 Å². The van der Waals surface area contributed by atoms with Crippen LogP contribution in [0.15, 0.2) is 35.0 Å². The predicted octanol–water partition coefficient (Wildman–Crippen LogP) is 3.31. The third-order valence-electron chi connectivity index (χ3n) is 2.52. The van der Waals surface area contributed by atoms with Crippen LogP contribution in [-0.4, -0.2) is 10.2 Å². The fourth-order valence-electron chi connectivity index (χ4n) is 1.60. The molecule has 1 aromatic carbocycles. The van der Waals surface area contributed by atoms with Crippen molar-refractivity contribution in [3.63, 3.8) is 0 Å². The lowest BCUT2D eigenvalue weighted by molar-refractivity contribution is 0.444. The van der Waals surface area contributed by atoms with Gasteiger partial charge in [0.25, 0.3) is 0 Å². The van der Waals surface area contributed by atoms with Crippen LogP contribution in [0.25, 0.3) is 0 Å². The molecule has 0 amide bonds. The normalized spacial score (nSPS) is 12.6. The number of rotatable bonds is 2. The van der Waals surface area contributed by atoms with E-state index in [1.807, 2.05) is 18.4 Å². The maximum Gasteiger partial charge on any atom is 0.123 e. The Kier molecular flexibility index (Phi) is 2.64. The molecular weight excluding hydrogens is 208 g/mol. The van der Waals surface area contributed by atoms with Crippen molar-refractivity contribution in [3.05, 3.63) is 46.2 Å². The summed E-state index contributed by atoms with van der Waals surface area (Å²) >= 11 is 1.64. The molecule has 0 saturated carbocycles. The SMILES string of the molecule is CC(c1ccsc1)c1ccc(O)cc1O. The van der Waals surface area contributed by atoms with E-state index >= 15 is 0 Å². The van der Waals surface area contributed by atoms with Crippen molar-refractivity contribution in [3.8, 4) is 11.5 Å². The second-order valence-corrected chi connectivity index (χ2v) is 4.30. The second-order valence-electron chi connectivity index (χ2n) is 3.52. The highest BCUT2D eigenvalue weighted by Crippen LogP contribution is 2.33. The minimum Gasteiger partial charge on any atom is -0.508 e. The molecule has 0 bridgehead atoms. The molecule has 0 saturated heterocycles. The molecule has 1 atom stereocenters. The molecule has 2 rings (SSSR count). The molecule has 15 heavy (non-hydrogen) atoms. The van der Waals surface area contributed by atoms with Gasteiger partial charge in [-0.05, 0) is 28.5 Å². The fourth-order valence-corrected chi connectivity index (χ4v) is 2.35. The molecule has 0 fully saturated rings. The van der Waals surface area contributed by atoms with E-state index in [0.29, 0.717) is 0 Å². The maximum absolute atomic E-state index is 9.70. The van der Waals surface area contributed by atoms with Crippen LogP contribution in [0.1, 0.15) is 24.0 Å². The maximum atomic E-state index is 9.70.